The summed E-state index contributed by atoms with van der Waals surface area (Å²) in [4.78, 5) is 25.5. The Hall–Kier alpha value is -1.30. The smallest absolute Gasteiger partial charge is 0.410 e. The molecule has 1 atom stereocenters. The molecule has 134 valence electrons. The molecule has 1 unspecified atom stereocenters. The summed E-state index contributed by atoms with van der Waals surface area (Å²) in [5.41, 5.74) is -0.473. The van der Waals surface area contributed by atoms with E-state index in [1.54, 1.807) is 11.9 Å². The van der Waals surface area contributed by atoms with E-state index >= 15 is 0 Å². The molecule has 0 saturated heterocycles. The summed E-state index contributed by atoms with van der Waals surface area (Å²) in [6.45, 7) is 7.59. The van der Waals surface area contributed by atoms with Gasteiger partial charge in [0.1, 0.15) is 11.6 Å². The lowest BCUT2D eigenvalue weighted by atomic mass is 9.90. The summed E-state index contributed by atoms with van der Waals surface area (Å²) in [5.74, 6) is -0.208. The molecule has 0 aromatic rings. The van der Waals surface area contributed by atoms with E-state index in [1.807, 2.05) is 27.7 Å². The van der Waals surface area contributed by atoms with E-state index in [1.165, 1.54) is 7.11 Å². The van der Waals surface area contributed by atoms with E-state index in [2.05, 4.69) is 5.32 Å². The van der Waals surface area contributed by atoms with Gasteiger partial charge in [-0.3, -0.25) is 4.79 Å². The Morgan fingerprint density at radius 3 is 2.22 bits per heavy atom. The van der Waals surface area contributed by atoms with Crippen molar-refractivity contribution in [1.82, 2.24) is 10.2 Å². The second kappa shape index (κ2) is 8.52. The molecule has 0 aromatic carbocycles. The van der Waals surface area contributed by atoms with Crippen LogP contribution in [0.1, 0.15) is 59.8 Å². The van der Waals surface area contributed by atoms with Gasteiger partial charge in [-0.15, -0.1) is 0 Å². The van der Waals surface area contributed by atoms with Crippen LogP contribution in [0.25, 0.3) is 0 Å². The number of nitrogens with one attached hydrogen (secondary N) is 1. The zero-order valence-corrected chi connectivity index (χ0v) is 15.3. The third kappa shape index (κ3) is 6.37. The quantitative estimate of drug-likeness (QED) is 0.786. The fourth-order valence-electron chi connectivity index (χ4n) is 2.89. The van der Waals surface area contributed by atoms with Gasteiger partial charge in [-0.1, -0.05) is 6.92 Å². The van der Waals surface area contributed by atoms with Crippen molar-refractivity contribution in [3.8, 4) is 0 Å². The Balaban J connectivity index is 2.45. The third-order valence-electron chi connectivity index (χ3n) is 4.26. The van der Waals surface area contributed by atoms with Crippen LogP contribution in [0.3, 0.4) is 0 Å². The molecule has 1 fully saturated rings. The lowest BCUT2D eigenvalue weighted by Gasteiger charge is -2.36. The molecule has 1 saturated carbocycles. The fourth-order valence-corrected chi connectivity index (χ4v) is 2.89. The third-order valence-corrected chi connectivity index (χ3v) is 4.26. The maximum Gasteiger partial charge on any atom is 0.410 e. The molecular formula is C17H32N2O4. The Morgan fingerprint density at radius 2 is 1.78 bits per heavy atom. The van der Waals surface area contributed by atoms with E-state index < -0.39 is 5.60 Å². The first kappa shape index (κ1) is 19.7. The van der Waals surface area contributed by atoms with Crippen molar-refractivity contribution in [2.75, 3.05) is 14.2 Å². The number of hydrogen-bond acceptors (Lipinski definition) is 5. The van der Waals surface area contributed by atoms with Gasteiger partial charge < -0.3 is 19.7 Å². The van der Waals surface area contributed by atoms with E-state index in [0.717, 1.165) is 25.7 Å². The minimum absolute atomic E-state index is 0.195. The van der Waals surface area contributed by atoms with Gasteiger partial charge in [-0.2, -0.15) is 0 Å². The van der Waals surface area contributed by atoms with Crippen LogP contribution in [0.2, 0.25) is 0 Å². The average Bonchev–Trinajstić information content (AvgIpc) is 2.50. The van der Waals surface area contributed by atoms with Crippen LogP contribution in [0.5, 0.6) is 0 Å². The van der Waals surface area contributed by atoms with Gasteiger partial charge in [0.15, 0.2) is 0 Å². The number of rotatable bonds is 5. The van der Waals surface area contributed by atoms with Gasteiger partial charge in [-0.25, -0.2) is 4.79 Å². The second-order valence-electron chi connectivity index (χ2n) is 7.25. The molecule has 1 rings (SSSR count). The van der Waals surface area contributed by atoms with Crippen molar-refractivity contribution < 1.29 is 19.1 Å². The number of hydrogen-bond donors (Lipinski definition) is 1. The van der Waals surface area contributed by atoms with Crippen molar-refractivity contribution in [3.05, 3.63) is 0 Å². The molecule has 0 heterocycles. The molecule has 0 aromatic heterocycles. The molecule has 23 heavy (non-hydrogen) atoms. The fraction of sp³-hybridized carbons (Fsp3) is 0.882. The minimum atomic E-state index is -0.473. The number of amides is 1. The standard InChI is InChI=1S/C17H32N2O4/c1-7-14(15(20)22-6)18-12-8-10-13(11-9-12)19(5)16(21)23-17(2,3)4/h12-14,18H,7-11H2,1-6H3. The predicted octanol–water partition coefficient (Wildman–Crippen LogP) is 2.71. The molecule has 1 aliphatic carbocycles. The number of methoxy groups -OCH3 is 1. The summed E-state index contributed by atoms with van der Waals surface area (Å²) in [6, 6.07) is 0.244. The summed E-state index contributed by atoms with van der Waals surface area (Å²) >= 11 is 0. The molecule has 0 spiro atoms. The molecule has 1 amide bonds. The zero-order valence-electron chi connectivity index (χ0n) is 15.3. The number of nitrogens with zero attached hydrogens (tertiary/aromatic N) is 1. The highest BCUT2D eigenvalue weighted by molar-refractivity contribution is 5.75. The maximum absolute atomic E-state index is 12.1. The van der Waals surface area contributed by atoms with Crippen LogP contribution in [0.4, 0.5) is 4.79 Å². The van der Waals surface area contributed by atoms with Gasteiger partial charge in [-0.05, 0) is 52.9 Å². The number of carbonyl (C=O) groups excluding carboxylic acids is 2. The van der Waals surface area contributed by atoms with Crippen molar-refractivity contribution >= 4 is 12.1 Å². The number of esters is 1. The van der Waals surface area contributed by atoms with E-state index in [-0.39, 0.29) is 24.1 Å². The molecule has 0 radical (unpaired) electrons. The number of ether oxygens (including phenoxy) is 2. The highest BCUT2D eigenvalue weighted by atomic mass is 16.6. The van der Waals surface area contributed by atoms with Gasteiger partial charge in [0.2, 0.25) is 0 Å². The van der Waals surface area contributed by atoms with Crippen LogP contribution in [0.15, 0.2) is 0 Å². The topological polar surface area (TPSA) is 67.9 Å². The van der Waals surface area contributed by atoms with E-state index in [4.69, 9.17) is 9.47 Å². The SMILES string of the molecule is CCC(NC1CCC(N(C)C(=O)OC(C)(C)C)CC1)C(=O)OC. The highest BCUT2D eigenvalue weighted by Crippen LogP contribution is 2.24. The lowest BCUT2D eigenvalue weighted by Crippen LogP contribution is -2.48. The lowest BCUT2D eigenvalue weighted by molar-refractivity contribution is -0.143. The Labute approximate surface area is 139 Å². The Morgan fingerprint density at radius 1 is 1.22 bits per heavy atom. The first-order valence-electron chi connectivity index (χ1n) is 8.47. The van der Waals surface area contributed by atoms with E-state index in [9.17, 15) is 9.59 Å². The van der Waals surface area contributed by atoms with Crippen molar-refractivity contribution in [1.29, 1.82) is 0 Å². The summed E-state index contributed by atoms with van der Waals surface area (Å²) < 4.78 is 10.2. The van der Waals surface area contributed by atoms with Gasteiger partial charge in [0.05, 0.1) is 7.11 Å². The van der Waals surface area contributed by atoms with Crippen LogP contribution < -0.4 is 5.32 Å². The van der Waals surface area contributed by atoms with Crippen LogP contribution in [-0.4, -0.2) is 54.8 Å². The zero-order chi connectivity index (χ0) is 17.6. The number of carbonyl (C=O) groups is 2. The summed E-state index contributed by atoms with van der Waals surface area (Å²) in [7, 11) is 3.22. The van der Waals surface area contributed by atoms with Crippen LogP contribution >= 0.6 is 0 Å². The first-order chi connectivity index (χ1) is 10.7. The molecule has 6 nitrogen and oxygen atoms in total. The van der Waals surface area contributed by atoms with Crippen LogP contribution in [0, 0.1) is 0 Å². The van der Waals surface area contributed by atoms with Gasteiger partial charge in [0.25, 0.3) is 0 Å². The van der Waals surface area contributed by atoms with E-state index in [0.29, 0.717) is 12.5 Å². The van der Waals surface area contributed by atoms with Crippen molar-refractivity contribution in [2.45, 2.75) is 83.5 Å². The average molecular weight is 328 g/mol. The van der Waals surface area contributed by atoms with Gasteiger partial charge >= 0.3 is 12.1 Å². The highest BCUT2D eigenvalue weighted by Gasteiger charge is 2.30. The van der Waals surface area contributed by atoms with Crippen molar-refractivity contribution in [3.63, 3.8) is 0 Å². The maximum atomic E-state index is 12.1. The van der Waals surface area contributed by atoms with Crippen molar-refractivity contribution in [2.24, 2.45) is 0 Å². The van der Waals surface area contributed by atoms with Crippen LogP contribution in [-0.2, 0) is 14.3 Å². The molecule has 0 bridgehead atoms. The largest absolute Gasteiger partial charge is 0.468 e. The summed E-state index contributed by atoms with van der Waals surface area (Å²) in [5, 5.41) is 3.37. The summed E-state index contributed by atoms with van der Waals surface area (Å²) in [6.07, 6.45) is 4.13. The minimum Gasteiger partial charge on any atom is -0.468 e. The monoisotopic (exact) mass is 328 g/mol. The second-order valence-corrected chi connectivity index (χ2v) is 7.25. The van der Waals surface area contributed by atoms with Gasteiger partial charge in [0, 0.05) is 19.1 Å². The predicted molar refractivity (Wildman–Crippen MR) is 89.3 cm³/mol. The molecule has 0 aliphatic heterocycles. The Bertz CT molecular complexity index is 398. The first-order valence-corrected chi connectivity index (χ1v) is 8.47. The molecule has 1 aliphatic rings. The molecule has 6 heteroatoms. The molecular weight excluding hydrogens is 296 g/mol. The Kier molecular flexibility index (Phi) is 7.32. The molecule has 1 N–H and O–H groups in total. The normalized spacial score (nSPS) is 23.0.